The Balaban J connectivity index is 3.48. The Labute approximate surface area is 272 Å². The Bertz CT molecular complexity index is 711. The fourth-order valence-corrected chi connectivity index (χ4v) is 4.99. The molecule has 5 nitrogen and oxygen atoms in total. The smallest absolute Gasteiger partial charge is 0.305 e. The van der Waals surface area contributed by atoms with Crippen LogP contribution in [0.4, 0.5) is 0 Å². The monoisotopic (exact) mass is 619 g/mol. The first-order valence-electron chi connectivity index (χ1n) is 18.5. The number of esters is 2. The SMILES string of the molecule is CCCCC/C=C\C/C=C\CCCCCCCC(=O)OCC(O)COC(=O)CCCCCCC/C=C\CCCCCCCC. The number of aliphatic hydroxyl groups excluding tert-OH is 1. The van der Waals surface area contributed by atoms with E-state index in [0.29, 0.717) is 12.8 Å². The summed E-state index contributed by atoms with van der Waals surface area (Å²) < 4.78 is 10.3. The van der Waals surface area contributed by atoms with Crippen LogP contribution in [0.15, 0.2) is 36.5 Å². The molecule has 0 heterocycles. The number of allylic oxidation sites excluding steroid dienone is 6. The average Bonchev–Trinajstić information content (AvgIpc) is 3.02. The van der Waals surface area contributed by atoms with Gasteiger partial charge in [0.25, 0.3) is 0 Å². The highest BCUT2D eigenvalue weighted by Gasteiger charge is 2.12. The predicted octanol–water partition coefficient (Wildman–Crippen LogP) is 11.3. The molecule has 0 amide bonds. The molecule has 0 saturated carbocycles. The molecule has 0 aliphatic heterocycles. The molecular weight excluding hydrogens is 548 g/mol. The molecule has 0 radical (unpaired) electrons. The molecule has 44 heavy (non-hydrogen) atoms. The van der Waals surface area contributed by atoms with Crippen molar-refractivity contribution in [3.8, 4) is 0 Å². The second kappa shape index (κ2) is 35.6. The normalized spacial score (nSPS) is 12.5. The fourth-order valence-electron chi connectivity index (χ4n) is 4.99. The van der Waals surface area contributed by atoms with E-state index in [4.69, 9.17) is 9.47 Å². The number of aliphatic hydroxyl groups is 1. The van der Waals surface area contributed by atoms with Crippen LogP contribution in [0, 0.1) is 0 Å². The maximum atomic E-state index is 11.9. The molecule has 0 fully saturated rings. The Morgan fingerprint density at radius 3 is 1.23 bits per heavy atom. The zero-order chi connectivity index (χ0) is 32.2. The molecule has 0 aliphatic rings. The van der Waals surface area contributed by atoms with Gasteiger partial charge in [-0.3, -0.25) is 9.59 Å². The number of rotatable bonds is 33. The van der Waals surface area contributed by atoms with Crippen molar-refractivity contribution in [1.29, 1.82) is 0 Å². The molecular formula is C39H70O5. The first kappa shape index (κ1) is 42.1. The van der Waals surface area contributed by atoms with Crippen molar-refractivity contribution in [1.82, 2.24) is 0 Å². The lowest BCUT2D eigenvalue weighted by atomic mass is 10.1. The van der Waals surface area contributed by atoms with Crippen LogP contribution >= 0.6 is 0 Å². The summed E-state index contributed by atoms with van der Waals surface area (Å²) in [6.45, 7) is 4.24. The maximum absolute atomic E-state index is 11.9. The number of carbonyl (C=O) groups is 2. The molecule has 0 rings (SSSR count). The van der Waals surface area contributed by atoms with Gasteiger partial charge in [-0.05, 0) is 70.6 Å². The maximum Gasteiger partial charge on any atom is 0.305 e. The van der Waals surface area contributed by atoms with Crippen LogP contribution in [-0.4, -0.2) is 36.4 Å². The highest BCUT2D eigenvalue weighted by molar-refractivity contribution is 5.69. The third-order valence-corrected chi connectivity index (χ3v) is 7.85. The quantitative estimate of drug-likeness (QED) is 0.0450. The summed E-state index contributed by atoms with van der Waals surface area (Å²) in [6, 6.07) is 0. The molecule has 0 aromatic heterocycles. The minimum absolute atomic E-state index is 0.124. The van der Waals surface area contributed by atoms with E-state index in [2.05, 4.69) is 50.3 Å². The second-order valence-electron chi connectivity index (χ2n) is 12.3. The van der Waals surface area contributed by atoms with E-state index in [1.807, 2.05) is 0 Å². The molecule has 1 unspecified atom stereocenters. The van der Waals surface area contributed by atoms with Crippen LogP contribution in [0.25, 0.3) is 0 Å². The minimum atomic E-state index is -0.971. The highest BCUT2D eigenvalue weighted by atomic mass is 16.6. The summed E-state index contributed by atoms with van der Waals surface area (Å²) >= 11 is 0. The first-order chi connectivity index (χ1) is 21.6. The molecule has 5 heteroatoms. The first-order valence-corrected chi connectivity index (χ1v) is 18.5. The van der Waals surface area contributed by atoms with Crippen molar-refractivity contribution >= 4 is 11.9 Å². The van der Waals surface area contributed by atoms with Crippen LogP contribution in [0.5, 0.6) is 0 Å². The summed E-state index contributed by atoms with van der Waals surface area (Å²) in [6.07, 6.45) is 41.9. The molecule has 256 valence electrons. The van der Waals surface area contributed by atoms with E-state index in [9.17, 15) is 14.7 Å². The van der Waals surface area contributed by atoms with Gasteiger partial charge in [0.1, 0.15) is 19.3 Å². The van der Waals surface area contributed by atoms with Gasteiger partial charge in [0.05, 0.1) is 0 Å². The van der Waals surface area contributed by atoms with Crippen molar-refractivity contribution in [2.45, 2.75) is 187 Å². The lowest BCUT2D eigenvalue weighted by Gasteiger charge is -2.12. The van der Waals surface area contributed by atoms with Gasteiger partial charge in [0.2, 0.25) is 0 Å². The summed E-state index contributed by atoms with van der Waals surface area (Å²) in [5.41, 5.74) is 0. The van der Waals surface area contributed by atoms with Crippen LogP contribution in [0.2, 0.25) is 0 Å². The van der Waals surface area contributed by atoms with Crippen molar-refractivity contribution in [3.05, 3.63) is 36.5 Å². The third-order valence-electron chi connectivity index (χ3n) is 7.85. The predicted molar refractivity (Wildman–Crippen MR) is 187 cm³/mol. The van der Waals surface area contributed by atoms with Gasteiger partial charge in [-0.2, -0.15) is 0 Å². The zero-order valence-electron chi connectivity index (χ0n) is 28.9. The molecule has 1 atom stereocenters. The molecule has 1 N–H and O–H groups in total. The number of hydrogen-bond donors (Lipinski definition) is 1. The van der Waals surface area contributed by atoms with Gasteiger partial charge in [0, 0.05) is 12.8 Å². The Morgan fingerprint density at radius 1 is 0.477 bits per heavy atom. The van der Waals surface area contributed by atoms with Crippen LogP contribution in [0.3, 0.4) is 0 Å². The molecule has 0 bridgehead atoms. The molecule has 0 saturated heterocycles. The number of unbranched alkanes of at least 4 members (excludes halogenated alkanes) is 19. The standard InChI is InChI=1S/C39H70O5/c1-3-5-7-9-11-13-15-17-19-21-23-25-27-29-31-33-38(41)43-35-37(40)36-44-39(42)34-32-30-28-26-24-22-20-18-16-14-12-10-8-6-4-2/h11,13,17-20,37,40H,3-10,12,14-16,21-36H2,1-2H3/b13-11-,19-17-,20-18-. The summed E-state index contributed by atoms with van der Waals surface area (Å²) in [5.74, 6) is -0.590. The van der Waals surface area contributed by atoms with Crippen LogP contribution in [0.1, 0.15) is 181 Å². The number of carbonyl (C=O) groups excluding carboxylic acids is 2. The van der Waals surface area contributed by atoms with Crippen molar-refractivity contribution in [2.75, 3.05) is 13.2 Å². The van der Waals surface area contributed by atoms with E-state index in [1.54, 1.807) is 0 Å². The van der Waals surface area contributed by atoms with Gasteiger partial charge in [0.15, 0.2) is 0 Å². The lowest BCUT2D eigenvalue weighted by molar-refractivity contribution is -0.152. The van der Waals surface area contributed by atoms with E-state index in [-0.39, 0.29) is 25.2 Å². The molecule has 0 aromatic rings. The van der Waals surface area contributed by atoms with E-state index in [0.717, 1.165) is 57.8 Å². The van der Waals surface area contributed by atoms with Gasteiger partial charge < -0.3 is 14.6 Å². The Hall–Kier alpha value is -1.88. The van der Waals surface area contributed by atoms with E-state index >= 15 is 0 Å². The van der Waals surface area contributed by atoms with Crippen molar-refractivity contribution in [3.63, 3.8) is 0 Å². The number of ether oxygens (including phenoxy) is 2. The van der Waals surface area contributed by atoms with Gasteiger partial charge in [-0.25, -0.2) is 0 Å². The lowest BCUT2D eigenvalue weighted by Crippen LogP contribution is -2.25. The molecule has 0 spiro atoms. The zero-order valence-corrected chi connectivity index (χ0v) is 28.9. The summed E-state index contributed by atoms with van der Waals surface area (Å²) in [5, 5.41) is 9.99. The van der Waals surface area contributed by atoms with Crippen LogP contribution in [-0.2, 0) is 19.1 Å². The van der Waals surface area contributed by atoms with Gasteiger partial charge in [-0.1, -0.05) is 134 Å². The average molecular weight is 619 g/mol. The topological polar surface area (TPSA) is 72.8 Å². The largest absolute Gasteiger partial charge is 0.463 e. The number of hydrogen-bond acceptors (Lipinski definition) is 5. The van der Waals surface area contributed by atoms with Crippen molar-refractivity contribution in [2.24, 2.45) is 0 Å². The van der Waals surface area contributed by atoms with Crippen LogP contribution < -0.4 is 0 Å². The van der Waals surface area contributed by atoms with E-state index < -0.39 is 6.10 Å². The van der Waals surface area contributed by atoms with Gasteiger partial charge >= 0.3 is 11.9 Å². The highest BCUT2D eigenvalue weighted by Crippen LogP contribution is 2.11. The summed E-state index contributed by atoms with van der Waals surface area (Å²) in [7, 11) is 0. The fraction of sp³-hybridized carbons (Fsp3) is 0.795. The van der Waals surface area contributed by atoms with Crippen molar-refractivity contribution < 1.29 is 24.2 Å². The third kappa shape index (κ3) is 34.6. The Morgan fingerprint density at radius 2 is 0.795 bits per heavy atom. The molecule has 0 aliphatic carbocycles. The minimum Gasteiger partial charge on any atom is -0.463 e. The van der Waals surface area contributed by atoms with E-state index in [1.165, 1.54) is 96.3 Å². The summed E-state index contributed by atoms with van der Waals surface area (Å²) in [4.78, 5) is 23.9. The van der Waals surface area contributed by atoms with Gasteiger partial charge in [-0.15, -0.1) is 0 Å². The Kier molecular flexibility index (Phi) is 34.1. The second-order valence-corrected chi connectivity index (χ2v) is 12.3. The molecule has 0 aromatic carbocycles.